The maximum absolute atomic E-state index is 12.4. The van der Waals surface area contributed by atoms with Gasteiger partial charge in [0.15, 0.2) is 12.4 Å². The van der Waals surface area contributed by atoms with E-state index in [1.54, 1.807) is 31.2 Å². The van der Waals surface area contributed by atoms with Crippen LogP contribution in [0.3, 0.4) is 0 Å². The number of nitrogens with one attached hydrogen (secondary N) is 2. The van der Waals surface area contributed by atoms with Gasteiger partial charge in [-0.15, -0.1) is 0 Å². The maximum Gasteiger partial charge on any atom is 0.338 e. The van der Waals surface area contributed by atoms with Crippen molar-refractivity contribution in [1.29, 1.82) is 0 Å². The molecule has 0 radical (unpaired) electrons. The van der Waals surface area contributed by atoms with Crippen LogP contribution in [0.2, 0.25) is 0 Å². The third kappa shape index (κ3) is 5.31. The van der Waals surface area contributed by atoms with Gasteiger partial charge in [-0.3, -0.25) is 9.59 Å². The molecule has 1 aliphatic rings. The third-order valence-electron chi connectivity index (χ3n) is 4.55. The summed E-state index contributed by atoms with van der Waals surface area (Å²) in [5.41, 5.74) is 1.24. The molecule has 30 heavy (non-hydrogen) atoms. The summed E-state index contributed by atoms with van der Waals surface area (Å²) in [6.45, 7) is 2.44. The van der Waals surface area contributed by atoms with Crippen molar-refractivity contribution in [2.24, 2.45) is 0 Å². The molecule has 2 N–H and O–H groups in total. The smallest absolute Gasteiger partial charge is 0.338 e. The molecular formula is C21H22N2O6S. The van der Waals surface area contributed by atoms with Gasteiger partial charge in [0.2, 0.25) is 10.0 Å². The number of carbonyl (C=O) groups is 3. The Bertz CT molecular complexity index is 1110. The minimum absolute atomic E-state index is 0.0354. The fourth-order valence-electron chi connectivity index (χ4n) is 2.77. The first-order valence-electron chi connectivity index (χ1n) is 9.37. The number of Topliss-reactive ketones (excluding diaryl/α,β-unsaturated/α-hetero) is 1. The number of carbonyl (C=O) groups excluding carboxylic acids is 3. The molecule has 8 nitrogen and oxygen atoms in total. The second-order valence-corrected chi connectivity index (χ2v) is 8.81. The number of rotatable bonds is 8. The predicted octanol–water partition coefficient (Wildman–Crippen LogP) is 2.43. The van der Waals surface area contributed by atoms with Crippen molar-refractivity contribution in [3.05, 3.63) is 59.2 Å². The molecule has 1 aliphatic carbocycles. The van der Waals surface area contributed by atoms with Gasteiger partial charge in [0, 0.05) is 11.6 Å². The summed E-state index contributed by atoms with van der Waals surface area (Å²) in [6, 6.07) is 10.6. The lowest BCUT2D eigenvalue weighted by atomic mass is 10.1. The highest BCUT2D eigenvalue weighted by Gasteiger charge is 2.28. The molecule has 0 spiro atoms. The molecule has 0 atom stereocenters. The summed E-state index contributed by atoms with van der Waals surface area (Å²) < 4.78 is 32.3. The van der Waals surface area contributed by atoms with E-state index in [2.05, 4.69) is 10.0 Å². The Balaban J connectivity index is 1.67. The van der Waals surface area contributed by atoms with Crippen LogP contribution in [0.1, 0.15) is 46.0 Å². The van der Waals surface area contributed by atoms with Crippen LogP contribution >= 0.6 is 0 Å². The highest BCUT2D eigenvalue weighted by Crippen LogP contribution is 2.23. The number of ether oxygens (including phenoxy) is 1. The zero-order valence-electron chi connectivity index (χ0n) is 16.6. The number of ketones is 1. The van der Waals surface area contributed by atoms with Crippen molar-refractivity contribution in [2.75, 3.05) is 11.9 Å². The fraction of sp³-hybridized carbons (Fsp3) is 0.286. The molecule has 3 rings (SSSR count). The van der Waals surface area contributed by atoms with Gasteiger partial charge >= 0.3 is 5.97 Å². The number of benzene rings is 2. The Morgan fingerprint density at radius 1 is 1.07 bits per heavy atom. The number of aryl methyl sites for hydroxylation is 1. The molecule has 1 fully saturated rings. The largest absolute Gasteiger partial charge is 0.452 e. The average molecular weight is 430 g/mol. The standard InChI is InChI=1S/C21H22N2O6S/c1-13-7-10-16(30(27,28)23-15-8-9-15)11-18(13)21(26)29-12-20(25)22-19-6-4-3-5-17(19)14(2)24/h3-7,10-11,15,23H,8-9,12H2,1-2H3,(H,22,25). The summed E-state index contributed by atoms with van der Waals surface area (Å²) >= 11 is 0. The number of hydrogen-bond acceptors (Lipinski definition) is 6. The SMILES string of the molecule is CC(=O)c1ccccc1NC(=O)COC(=O)c1cc(S(=O)(=O)NC2CC2)ccc1C. The first-order valence-corrected chi connectivity index (χ1v) is 10.9. The van der Waals surface area contributed by atoms with Gasteiger partial charge in [-0.2, -0.15) is 0 Å². The van der Waals surface area contributed by atoms with Crippen molar-refractivity contribution < 1.29 is 27.5 Å². The van der Waals surface area contributed by atoms with Gasteiger partial charge in [0.05, 0.1) is 16.1 Å². The van der Waals surface area contributed by atoms with Crippen molar-refractivity contribution in [2.45, 2.75) is 37.6 Å². The van der Waals surface area contributed by atoms with Crippen LogP contribution in [0.5, 0.6) is 0 Å². The highest BCUT2D eigenvalue weighted by molar-refractivity contribution is 7.89. The van der Waals surface area contributed by atoms with Gasteiger partial charge in [0.25, 0.3) is 5.91 Å². The van der Waals surface area contributed by atoms with Crippen LogP contribution < -0.4 is 10.0 Å². The Morgan fingerprint density at radius 3 is 2.43 bits per heavy atom. The van der Waals surface area contributed by atoms with Crippen LogP contribution in [0.4, 0.5) is 5.69 Å². The minimum atomic E-state index is -3.72. The zero-order valence-corrected chi connectivity index (χ0v) is 17.4. The van der Waals surface area contributed by atoms with E-state index in [1.807, 2.05) is 0 Å². The summed E-state index contributed by atoms with van der Waals surface area (Å²) in [7, 11) is -3.72. The van der Waals surface area contributed by atoms with Crippen molar-refractivity contribution in [3.8, 4) is 0 Å². The molecule has 0 saturated heterocycles. The molecule has 0 bridgehead atoms. The van der Waals surface area contributed by atoms with Crippen molar-refractivity contribution in [3.63, 3.8) is 0 Å². The van der Waals surface area contributed by atoms with Gasteiger partial charge in [-0.1, -0.05) is 18.2 Å². The Kier molecular flexibility index (Phi) is 6.33. The minimum Gasteiger partial charge on any atom is -0.452 e. The van der Waals surface area contributed by atoms with Crippen LogP contribution in [0.15, 0.2) is 47.4 Å². The lowest BCUT2D eigenvalue weighted by Crippen LogP contribution is -2.26. The molecule has 2 aromatic rings. The topological polar surface area (TPSA) is 119 Å². The number of amides is 1. The van der Waals surface area contributed by atoms with Gasteiger partial charge in [-0.05, 0) is 56.5 Å². The molecule has 0 unspecified atom stereocenters. The van der Waals surface area contributed by atoms with E-state index >= 15 is 0 Å². The Morgan fingerprint density at radius 2 is 1.77 bits per heavy atom. The van der Waals surface area contributed by atoms with Gasteiger partial charge < -0.3 is 10.1 Å². The summed E-state index contributed by atoms with van der Waals surface area (Å²) in [5.74, 6) is -1.64. The molecule has 0 heterocycles. The quantitative estimate of drug-likeness (QED) is 0.490. The molecule has 1 amide bonds. The van der Waals surface area contributed by atoms with Crippen LogP contribution in [-0.4, -0.2) is 38.7 Å². The lowest BCUT2D eigenvalue weighted by Gasteiger charge is -2.11. The van der Waals surface area contributed by atoms with E-state index in [0.717, 1.165) is 12.8 Å². The molecule has 0 aliphatic heterocycles. The van der Waals surface area contributed by atoms with Crippen molar-refractivity contribution in [1.82, 2.24) is 4.72 Å². The van der Waals surface area contributed by atoms with E-state index in [1.165, 1.54) is 25.1 Å². The summed E-state index contributed by atoms with van der Waals surface area (Å²) in [5, 5.41) is 2.53. The molecule has 2 aromatic carbocycles. The Labute approximate surface area is 174 Å². The first kappa shape index (κ1) is 21.7. The average Bonchev–Trinajstić information content (AvgIpc) is 3.50. The number of esters is 1. The molecule has 9 heteroatoms. The molecule has 0 aromatic heterocycles. The van der Waals surface area contributed by atoms with Crippen LogP contribution in [0.25, 0.3) is 0 Å². The fourth-order valence-corrected chi connectivity index (χ4v) is 4.10. The second-order valence-electron chi connectivity index (χ2n) is 7.10. The maximum atomic E-state index is 12.4. The third-order valence-corrected chi connectivity index (χ3v) is 6.07. The van der Waals surface area contributed by atoms with E-state index in [0.29, 0.717) is 16.8 Å². The van der Waals surface area contributed by atoms with E-state index in [4.69, 9.17) is 4.74 Å². The van der Waals surface area contributed by atoms with Crippen LogP contribution in [0, 0.1) is 6.92 Å². The molecular weight excluding hydrogens is 408 g/mol. The first-order chi connectivity index (χ1) is 14.2. The predicted molar refractivity (Wildman–Crippen MR) is 110 cm³/mol. The normalized spacial score (nSPS) is 13.5. The van der Waals surface area contributed by atoms with Crippen molar-refractivity contribution >= 4 is 33.4 Å². The van der Waals surface area contributed by atoms with Gasteiger partial charge in [0.1, 0.15) is 0 Å². The van der Waals surface area contributed by atoms with Crippen LogP contribution in [-0.2, 0) is 19.6 Å². The second kappa shape index (κ2) is 8.76. The Hall–Kier alpha value is -3.04. The highest BCUT2D eigenvalue weighted by atomic mass is 32.2. The number of anilines is 1. The lowest BCUT2D eigenvalue weighted by molar-refractivity contribution is -0.119. The number of para-hydroxylation sites is 1. The zero-order chi connectivity index (χ0) is 21.9. The monoisotopic (exact) mass is 430 g/mol. The molecule has 158 valence electrons. The van der Waals surface area contributed by atoms with E-state index in [9.17, 15) is 22.8 Å². The number of sulfonamides is 1. The van der Waals surface area contributed by atoms with E-state index in [-0.39, 0.29) is 22.3 Å². The molecule has 1 saturated carbocycles. The van der Waals surface area contributed by atoms with Gasteiger partial charge in [-0.25, -0.2) is 17.9 Å². The number of hydrogen-bond donors (Lipinski definition) is 2. The van der Waals surface area contributed by atoms with E-state index < -0.39 is 28.5 Å². The summed E-state index contributed by atoms with van der Waals surface area (Å²) in [6.07, 6.45) is 1.59. The summed E-state index contributed by atoms with van der Waals surface area (Å²) in [4.78, 5) is 36.2.